The molecule has 1 aromatic heterocycles. The molecule has 0 N–H and O–H groups in total. The quantitative estimate of drug-likeness (QED) is 0.500. The fraction of sp³-hybridized carbons (Fsp3) is 0.579. The molecule has 0 aliphatic carbocycles. The number of aryl methyl sites for hydroxylation is 1. The summed E-state index contributed by atoms with van der Waals surface area (Å²) in [5.41, 5.74) is 4.21. The summed E-state index contributed by atoms with van der Waals surface area (Å²) in [6.45, 7) is 8.64. The smallest absolute Gasteiger partial charge is 0.242 e. The first-order valence-corrected chi connectivity index (χ1v) is 8.60. The van der Waals surface area contributed by atoms with Gasteiger partial charge in [0.15, 0.2) is 0 Å². The van der Waals surface area contributed by atoms with Crippen molar-refractivity contribution in [3.8, 4) is 0 Å². The molecule has 1 heterocycles. The van der Waals surface area contributed by atoms with Crippen LogP contribution in [0.4, 0.5) is 0 Å². The molecule has 0 fully saturated rings. The molecule has 0 unspecified atom stereocenters. The largest absolute Gasteiger partial charge is 0.289 e. The maximum Gasteiger partial charge on any atom is 0.242 e. The summed E-state index contributed by atoms with van der Waals surface area (Å²) in [4.78, 5) is 24.2. The third-order valence-corrected chi connectivity index (χ3v) is 3.73. The van der Waals surface area contributed by atoms with E-state index in [1.165, 1.54) is 13.3 Å². The Hall–Kier alpha value is -1.84. The maximum absolute atomic E-state index is 11.0. The second-order valence-electron chi connectivity index (χ2n) is 5.76. The van der Waals surface area contributed by atoms with E-state index in [4.69, 9.17) is 0 Å². The lowest BCUT2D eigenvalue weighted by Gasteiger charge is -2.05. The lowest BCUT2D eigenvalue weighted by molar-refractivity contribution is -0.115. The van der Waals surface area contributed by atoms with Crippen molar-refractivity contribution >= 4 is 17.3 Å². The molecule has 1 amide bonds. The second kappa shape index (κ2) is 10.8. The first kappa shape index (κ1) is 19.2. The van der Waals surface area contributed by atoms with Gasteiger partial charge in [0.05, 0.1) is 0 Å². The lowest BCUT2D eigenvalue weighted by Crippen LogP contribution is -2.02. The van der Waals surface area contributed by atoms with Gasteiger partial charge in [-0.1, -0.05) is 20.3 Å². The van der Waals surface area contributed by atoms with E-state index in [1.807, 2.05) is 20.0 Å². The number of aliphatic imine (C=N–C) groups is 2. The molecule has 0 aliphatic heterocycles. The first-order chi connectivity index (χ1) is 11.1. The van der Waals surface area contributed by atoms with Crippen molar-refractivity contribution in [2.24, 2.45) is 9.98 Å². The number of carbonyl (C=O) groups excluding carboxylic acids is 1. The molecule has 0 radical (unpaired) electrons. The van der Waals surface area contributed by atoms with Crippen LogP contribution in [0.25, 0.3) is 0 Å². The molecule has 126 valence electrons. The topological polar surface area (TPSA) is 54.7 Å². The van der Waals surface area contributed by atoms with Crippen LogP contribution >= 0.6 is 0 Å². The van der Waals surface area contributed by atoms with Crippen molar-refractivity contribution in [3.63, 3.8) is 0 Å². The molecule has 23 heavy (non-hydrogen) atoms. The predicted octanol–water partition coefficient (Wildman–Crippen LogP) is 4.41. The lowest BCUT2D eigenvalue weighted by atomic mass is 10.1. The Balaban J connectivity index is 2.51. The highest BCUT2D eigenvalue weighted by molar-refractivity contribution is 5.98. The molecule has 0 saturated heterocycles. The highest BCUT2D eigenvalue weighted by Crippen LogP contribution is 2.08. The Bertz CT molecular complexity index is 544. The van der Waals surface area contributed by atoms with Crippen LogP contribution in [0.15, 0.2) is 28.3 Å². The van der Waals surface area contributed by atoms with Crippen molar-refractivity contribution in [2.75, 3.05) is 6.54 Å². The summed E-state index contributed by atoms with van der Waals surface area (Å²) in [5.74, 6) is -0.109. The summed E-state index contributed by atoms with van der Waals surface area (Å²) in [6.07, 6.45) is 7.77. The van der Waals surface area contributed by atoms with Crippen molar-refractivity contribution < 1.29 is 4.79 Å². The van der Waals surface area contributed by atoms with Gasteiger partial charge in [-0.3, -0.25) is 14.8 Å². The molecular weight excluding hydrogens is 286 g/mol. The van der Waals surface area contributed by atoms with Crippen LogP contribution in [0.1, 0.15) is 71.1 Å². The minimum absolute atomic E-state index is 0.109. The molecule has 0 saturated carbocycles. The fourth-order valence-corrected chi connectivity index (χ4v) is 2.29. The van der Waals surface area contributed by atoms with Gasteiger partial charge in [-0.2, -0.15) is 0 Å². The standard InChI is InChI=1S/C19H29N3O/c1-5-7-13-20-15(3)17-11-12-19(21-14-17)10-8-9-18(6-2)22-16(4)23/h11-12,14H,5-10,13H2,1-4H3. The first-order valence-electron chi connectivity index (χ1n) is 8.60. The molecule has 0 aromatic carbocycles. The minimum atomic E-state index is -0.109. The SMILES string of the molecule is CCCCN=C(C)c1ccc(CCCC(CC)=NC(C)=O)nc1. The third-order valence-electron chi connectivity index (χ3n) is 3.73. The van der Waals surface area contributed by atoms with Gasteiger partial charge >= 0.3 is 0 Å². The summed E-state index contributed by atoms with van der Waals surface area (Å²) < 4.78 is 0. The average Bonchev–Trinajstić information content (AvgIpc) is 2.54. The minimum Gasteiger partial charge on any atom is -0.289 e. The molecule has 1 aromatic rings. The monoisotopic (exact) mass is 315 g/mol. The van der Waals surface area contributed by atoms with Crippen LogP contribution < -0.4 is 0 Å². The number of carbonyl (C=O) groups is 1. The Morgan fingerprint density at radius 3 is 2.52 bits per heavy atom. The summed E-state index contributed by atoms with van der Waals surface area (Å²) in [6, 6.07) is 4.17. The summed E-state index contributed by atoms with van der Waals surface area (Å²) >= 11 is 0. The summed E-state index contributed by atoms with van der Waals surface area (Å²) in [5, 5.41) is 0. The number of nitrogens with zero attached hydrogens (tertiary/aromatic N) is 3. The normalized spacial score (nSPS) is 12.5. The zero-order chi connectivity index (χ0) is 17.1. The molecule has 1 rings (SSSR count). The van der Waals surface area contributed by atoms with Crippen molar-refractivity contribution in [1.29, 1.82) is 0 Å². The third kappa shape index (κ3) is 7.82. The van der Waals surface area contributed by atoms with E-state index in [0.717, 1.165) is 61.3 Å². The maximum atomic E-state index is 11.0. The molecular formula is C19H29N3O. The van der Waals surface area contributed by atoms with E-state index in [0.29, 0.717) is 0 Å². The number of hydrogen-bond acceptors (Lipinski definition) is 3. The van der Waals surface area contributed by atoms with Gasteiger partial charge in [0, 0.05) is 42.3 Å². The number of rotatable bonds is 9. The van der Waals surface area contributed by atoms with E-state index < -0.39 is 0 Å². The Labute approximate surface area is 140 Å². The van der Waals surface area contributed by atoms with E-state index in [9.17, 15) is 4.79 Å². The van der Waals surface area contributed by atoms with Gasteiger partial charge in [0.25, 0.3) is 0 Å². The molecule has 4 nitrogen and oxygen atoms in total. The molecule has 0 atom stereocenters. The van der Waals surface area contributed by atoms with Crippen LogP contribution in [0.2, 0.25) is 0 Å². The van der Waals surface area contributed by atoms with E-state index >= 15 is 0 Å². The zero-order valence-electron chi connectivity index (χ0n) is 14.9. The van der Waals surface area contributed by atoms with Crippen LogP contribution in [0, 0.1) is 0 Å². The highest BCUT2D eigenvalue weighted by Gasteiger charge is 2.02. The van der Waals surface area contributed by atoms with Gasteiger partial charge in [0.2, 0.25) is 5.91 Å². The van der Waals surface area contributed by atoms with Gasteiger partial charge < -0.3 is 0 Å². The van der Waals surface area contributed by atoms with Crippen molar-refractivity contribution in [1.82, 2.24) is 4.98 Å². The van der Waals surface area contributed by atoms with Gasteiger partial charge in [0.1, 0.15) is 0 Å². The molecule has 0 bridgehead atoms. The predicted molar refractivity (Wildman–Crippen MR) is 97.6 cm³/mol. The number of aromatic nitrogens is 1. The van der Waals surface area contributed by atoms with Crippen LogP contribution in [-0.4, -0.2) is 28.9 Å². The van der Waals surface area contributed by atoms with Crippen molar-refractivity contribution in [3.05, 3.63) is 29.6 Å². The summed E-state index contributed by atoms with van der Waals surface area (Å²) in [7, 11) is 0. The Morgan fingerprint density at radius 1 is 1.17 bits per heavy atom. The zero-order valence-corrected chi connectivity index (χ0v) is 14.9. The number of amides is 1. The van der Waals surface area contributed by atoms with Gasteiger partial charge in [-0.05, 0) is 51.2 Å². The molecule has 0 aliphatic rings. The highest BCUT2D eigenvalue weighted by atomic mass is 16.1. The average molecular weight is 315 g/mol. The number of hydrogen-bond donors (Lipinski definition) is 0. The number of unbranched alkanes of at least 4 members (excludes halogenated alkanes) is 1. The van der Waals surface area contributed by atoms with E-state index in [2.05, 4.69) is 34.0 Å². The van der Waals surface area contributed by atoms with E-state index in [1.54, 1.807) is 0 Å². The van der Waals surface area contributed by atoms with Crippen molar-refractivity contribution in [2.45, 2.75) is 66.2 Å². The fourth-order valence-electron chi connectivity index (χ4n) is 2.29. The second-order valence-corrected chi connectivity index (χ2v) is 5.76. The Kier molecular flexibility index (Phi) is 9.03. The van der Waals surface area contributed by atoms with Gasteiger partial charge in [-0.15, -0.1) is 0 Å². The number of pyridine rings is 1. The van der Waals surface area contributed by atoms with Crippen LogP contribution in [-0.2, 0) is 11.2 Å². The van der Waals surface area contributed by atoms with Gasteiger partial charge in [-0.25, -0.2) is 4.99 Å². The van der Waals surface area contributed by atoms with Crippen LogP contribution in [0.5, 0.6) is 0 Å². The van der Waals surface area contributed by atoms with Crippen LogP contribution in [0.3, 0.4) is 0 Å². The van der Waals surface area contributed by atoms with E-state index in [-0.39, 0.29) is 5.91 Å². The molecule has 0 spiro atoms. The molecule has 4 heteroatoms. The Morgan fingerprint density at radius 2 is 1.96 bits per heavy atom.